The van der Waals surface area contributed by atoms with Crippen molar-refractivity contribution in [1.29, 1.82) is 0 Å². The normalized spacial score (nSPS) is 33.9. The van der Waals surface area contributed by atoms with Gasteiger partial charge in [-0.3, -0.25) is 9.59 Å². The second-order valence-electron chi connectivity index (χ2n) is 8.17. The Bertz CT molecular complexity index is 809. The van der Waals surface area contributed by atoms with Crippen LogP contribution in [0.15, 0.2) is 23.3 Å². The van der Waals surface area contributed by atoms with Gasteiger partial charge in [0.15, 0.2) is 6.10 Å². The van der Waals surface area contributed by atoms with Crippen molar-refractivity contribution in [3.63, 3.8) is 0 Å². The fraction of sp³-hybridized carbons (Fsp3) is 0.619. The summed E-state index contributed by atoms with van der Waals surface area (Å²) in [5.74, 6) is -2.21. The maximum atomic E-state index is 12.6. The average Bonchev–Trinajstić information content (AvgIpc) is 3.20. The number of fused-ring (bicyclic) bond motifs is 3. The Hall–Kier alpha value is -2.48. The van der Waals surface area contributed by atoms with Crippen LogP contribution in [0.1, 0.15) is 47.0 Å². The summed E-state index contributed by atoms with van der Waals surface area (Å²) < 4.78 is 22.1. The third-order valence-corrected chi connectivity index (χ3v) is 5.70. The van der Waals surface area contributed by atoms with Crippen LogP contribution in [-0.2, 0) is 38.1 Å². The van der Waals surface area contributed by atoms with Gasteiger partial charge in [-0.15, -0.1) is 0 Å². The number of epoxide rings is 1. The number of ketones is 1. The van der Waals surface area contributed by atoms with Crippen molar-refractivity contribution in [2.24, 2.45) is 5.92 Å². The summed E-state index contributed by atoms with van der Waals surface area (Å²) in [5, 5.41) is 0. The lowest BCUT2D eigenvalue weighted by Crippen LogP contribution is -2.36. The standard InChI is InChI=1S/C21H26O8/c1-10(2)19(24)27-15-8-11(3)14(23)6-7-21(5)18(29-21)17-16(15)13(20(25)28-17)9-26-12(4)22/h11,15,17-18H,1,6-9H2,2-5H3. The molecule has 0 aromatic carbocycles. The quantitative estimate of drug-likeness (QED) is 0.301. The lowest BCUT2D eigenvalue weighted by Gasteiger charge is -2.27. The second-order valence-corrected chi connectivity index (χ2v) is 8.17. The molecule has 3 rings (SSSR count). The SMILES string of the molecule is C=C(C)C(=O)OC1CC(C)C(=O)CCC2(C)OC2C2OC(=O)C(COC(C)=O)=C12. The maximum absolute atomic E-state index is 12.6. The number of rotatable bonds is 4. The zero-order chi connectivity index (χ0) is 21.5. The van der Waals surface area contributed by atoms with Gasteiger partial charge in [-0.1, -0.05) is 13.5 Å². The molecule has 3 aliphatic rings. The van der Waals surface area contributed by atoms with E-state index in [0.717, 1.165) is 0 Å². The van der Waals surface area contributed by atoms with Gasteiger partial charge in [0.1, 0.15) is 24.6 Å². The lowest BCUT2D eigenvalue weighted by atomic mass is 9.83. The van der Waals surface area contributed by atoms with E-state index in [-0.39, 0.29) is 30.0 Å². The molecular formula is C21H26O8. The molecule has 0 amide bonds. The number of carbonyl (C=O) groups is 4. The summed E-state index contributed by atoms with van der Waals surface area (Å²) >= 11 is 0. The molecule has 0 aromatic rings. The topological polar surface area (TPSA) is 109 Å². The van der Waals surface area contributed by atoms with Crippen molar-refractivity contribution < 1.29 is 38.1 Å². The van der Waals surface area contributed by atoms with E-state index in [2.05, 4.69) is 6.58 Å². The van der Waals surface area contributed by atoms with Crippen molar-refractivity contribution in [1.82, 2.24) is 0 Å². The second kappa shape index (κ2) is 7.74. The molecule has 8 nitrogen and oxygen atoms in total. The minimum atomic E-state index is -0.897. The highest BCUT2D eigenvalue weighted by molar-refractivity contribution is 5.94. The Morgan fingerprint density at radius 2 is 1.97 bits per heavy atom. The van der Waals surface area contributed by atoms with Crippen LogP contribution < -0.4 is 0 Å². The first kappa shape index (κ1) is 21.2. The molecule has 158 valence electrons. The molecule has 0 aromatic heterocycles. The van der Waals surface area contributed by atoms with Crippen molar-refractivity contribution in [2.75, 3.05) is 6.61 Å². The largest absolute Gasteiger partial charge is 0.461 e. The van der Waals surface area contributed by atoms with Crippen LogP contribution in [0.25, 0.3) is 0 Å². The Morgan fingerprint density at radius 1 is 1.28 bits per heavy atom. The minimum Gasteiger partial charge on any atom is -0.461 e. The molecule has 1 saturated heterocycles. The third kappa shape index (κ3) is 4.27. The zero-order valence-electron chi connectivity index (χ0n) is 17.1. The molecule has 0 N–H and O–H groups in total. The van der Waals surface area contributed by atoms with Crippen molar-refractivity contribution in [3.8, 4) is 0 Å². The Morgan fingerprint density at radius 3 is 2.59 bits per heavy atom. The van der Waals surface area contributed by atoms with Gasteiger partial charge >= 0.3 is 17.9 Å². The third-order valence-electron chi connectivity index (χ3n) is 5.70. The van der Waals surface area contributed by atoms with Gasteiger partial charge in [-0.2, -0.15) is 0 Å². The van der Waals surface area contributed by atoms with E-state index in [1.165, 1.54) is 13.8 Å². The summed E-state index contributed by atoms with van der Waals surface area (Å²) in [6.45, 7) is 9.67. The van der Waals surface area contributed by atoms with Crippen LogP contribution in [0.2, 0.25) is 0 Å². The molecule has 2 fully saturated rings. The fourth-order valence-corrected chi connectivity index (χ4v) is 3.84. The minimum absolute atomic E-state index is 0.0303. The van der Waals surface area contributed by atoms with Gasteiger partial charge in [0.25, 0.3) is 0 Å². The van der Waals surface area contributed by atoms with E-state index in [1.807, 2.05) is 6.92 Å². The Kier molecular flexibility index (Phi) is 5.67. The number of ether oxygens (including phenoxy) is 4. The maximum Gasteiger partial charge on any atom is 0.338 e. The Balaban J connectivity index is 2.05. The van der Waals surface area contributed by atoms with Crippen LogP contribution in [0.5, 0.6) is 0 Å². The highest BCUT2D eigenvalue weighted by Crippen LogP contribution is 2.49. The molecule has 5 atom stereocenters. The first-order valence-electron chi connectivity index (χ1n) is 9.67. The molecule has 5 unspecified atom stereocenters. The van der Waals surface area contributed by atoms with Crippen molar-refractivity contribution in [3.05, 3.63) is 23.3 Å². The molecule has 29 heavy (non-hydrogen) atoms. The van der Waals surface area contributed by atoms with E-state index in [9.17, 15) is 19.2 Å². The van der Waals surface area contributed by atoms with E-state index in [1.54, 1.807) is 6.92 Å². The number of Topliss-reactive ketones (excluding diaryl/α,β-unsaturated/α-hetero) is 1. The zero-order valence-corrected chi connectivity index (χ0v) is 17.1. The molecule has 2 aliphatic heterocycles. The smallest absolute Gasteiger partial charge is 0.338 e. The molecule has 1 saturated carbocycles. The van der Waals surface area contributed by atoms with E-state index < -0.39 is 47.7 Å². The van der Waals surface area contributed by atoms with Crippen LogP contribution in [0.3, 0.4) is 0 Å². The number of carbonyl (C=O) groups excluding carboxylic acids is 4. The lowest BCUT2D eigenvalue weighted by molar-refractivity contribution is -0.145. The van der Waals surface area contributed by atoms with Gasteiger partial charge in [-0.05, 0) is 26.7 Å². The average molecular weight is 406 g/mol. The van der Waals surface area contributed by atoms with Gasteiger partial charge in [0.2, 0.25) is 0 Å². The fourth-order valence-electron chi connectivity index (χ4n) is 3.84. The molecule has 1 aliphatic carbocycles. The Labute approximate surface area is 169 Å². The van der Waals surface area contributed by atoms with Crippen LogP contribution >= 0.6 is 0 Å². The van der Waals surface area contributed by atoms with Crippen LogP contribution in [0, 0.1) is 5.92 Å². The first-order valence-corrected chi connectivity index (χ1v) is 9.67. The van der Waals surface area contributed by atoms with Crippen molar-refractivity contribution >= 4 is 23.7 Å². The van der Waals surface area contributed by atoms with Gasteiger partial charge < -0.3 is 18.9 Å². The summed E-state index contributed by atoms with van der Waals surface area (Å²) in [7, 11) is 0. The molecule has 0 spiro atoms. The van der Waals surface area contributed by atoms with Gasteiger partial charge in [0.05, 0.1) is 11.2 Å². The van der Waals surface area contributed by atoms with E-state index in [0.29, 0.717) is 18.4 Å². The summed E-state index contributed by atoms with van der Waals surface area (Å²) in [6.07, 6.45) is -1.09. The number of hydrogen-bond acceptors (Lipinski definition) is 8. The monoisotopic (exact) mass is 406 g/mol. The molecule has 8 heteroatoms. The van der Waals surface area contributed by atoms with E-state index in [4.69, 9.17) is 18.9 Å². The highest BCUT2D eigenvalue weighted by atomic mass is 16.6. The predicted octanol–water partition coefficient (Wildman–Crippen LogP) is 1.81. The predicted molar refractivity (Wildman–Crippen MR) is 99.5 cm³/mol. The number of esters is 3. The number of hydrogen-bond donors (Lipinski definition) is 0. The highest BCUT2D eigenvalue weighted by Gasteiger charge is 2.62. The van der Waals surface area contributed by atoms with Gasteiger partial charge in [0, 0.05) is 30.4 Å². The van der Waals surface area contributed by atoms with Crippen LogP contribution in [0.4, 0.5) is 0 Å². The summed E-state index contributed by atoms with van der Waals surface area (Å²) in [4.78, 5) is 48.7. The summed E-state index contributed by atoms with van der Waals surface area (Å²) in [5.41, 5.74) is 0.115. The molecule has 0 radical (unpaired) electrons. The van der Waals surface area contributed by atoms with Gasteiger partial charge in [-0.25, -0.2) is 9.59 Å². The first-order chi connectivity index (χ1) is 13.5. The van der Waals surface area contributed by atoms with Crippen LogP contribution in [-0.4, -0.2) is 54.2 Å². The molecular weight excluding hydrogens is 380 g/mol. The summed E-state index contributed by atoms with van der Waals surface area (Å²) in [6, 6.07) is 0. The van der Waals surface area contributed by atoms with Crippen molar-refractivity contribution in [2.45, 2.75) is 70.9 Å². The van der Waals surface area contributed by atoms with E-state index >= 15 is 0 Å². The molecule has 0 bridgehead atoms. The molecule has 2 heterocycles.